The van der Waals surface area contributed by atoms with Gasteiger partial charge < -0.3 is 10.1 Å². The van der Waals surface area contributed by atoms with E-state index in [2.05, 4.69) is 5.32 Å². The lowest BCUT2D eigenvalue weighted by Crippen LogP contribution is -2.29. The Hall–Kier alpha value is -2.38. The highest BCUT2D eigenvalue weighted by atomic mass is 32.2. The first-order valence-corrected chi connectivity index (χ1v) is 8.15. The topological polar surface area (TPSA) is 98.5 Å². The quantitative estimate of drug-likeness (QED) is 0.888. The number of nitrogens with two attached hydrogens (primary N) is 1. The van der Waals surface area contributed by atoms with Crippen molar-refractivity contribution in [3.63, 3.8) is 0 Å². The van der Waals surface area contributed by atoms with Crippen LogP contribution in [-0.4, -0.2) is 20.9 Å². The van der Waals surface area contributed by atoms with Crippen LogP contribution < -0.4 is 15.2 Å². The minimum atomic E-state index is -3.76. The Morgan fingerprint density at radius 1 is 1.14 bits per heavy atom. The summed E-state index contributed by atoms with van der Waals surface area (Å²) in [6.45, 7) is 0.375. The van der Waals surface area contributed by atoms with Gasteiger partial charge in [0.25, 0.3) is 5.91 Å². The first-order valence-electron chi connectivity index (χ1n) is 6.60. The maximum absolute atomic E-state index is 12.2. The molecule has 0 radical (unpaired) electrons. The smallest absolute Gasteiger partial charge is 0.251 e. The van der Waals surface area contributed by atoms with Crippen molar-refractivity contribution in [1.29, 1.82) is 0 Å². The molecule has 0 aromatic heterocycles. The van der Waals surface area contributed by atoms with Gasteiger partial charge in [0.1, 0.15) is 12.4 Å². The minimum Gasteiger partial charge on any atom is -0.491 e. The van der Waals surface area contributed by atoms with Crippen LogP contribution in [0.25, 0.3) is 0 Å². The Morgan fingerprint density at radius 3 is 2.50 bits per heavy atom. The number of fused-ring (bicyclic) bond motifs is 1. The molecule has 1 amide bonds. The largest absolute Gasteiger partial charge is 0.491 e. The Labute approximate surface area is 128 Å². The van der Waals surface area contributed by atoms with Crippen LogP contribution in [0.2, 0.25) is 0 Å². The van der Waals surface area contributed by atoms with Gasteiger partial charge in [0.05, 0.1) is 10.9 Å². The lowest BCUT2D eigenvalue weighted by Gasteiger charge is -2.12. The number of amides is 1. The van der Waals surface area contributed by atoms with Gasteiger partial charge in [0.15, 0.2) is 0 Å². The number of nitrogens with one attached hydrogen (secondary N) is 1. The highest BCUT2D eigenvalue weighted by Crippen LogP contribution is 2.31. The number of carbonyl (C=O) groups is 1. The number of para-hydroxylation sites is 1. The summed E-state index contributed by atoms with van der Waals surface area (Å²) in [5.74, 6) is 0.462. The zero-order valence-corrected chi connectivity index (χ0v) is 12.3. The maximum Gasteiger partial charge on any atom is 0.251 e. The van der Waals surface area contributed by atoms with E-state index in [-0.39, 0.29) is 16.8 Å². The number of primary sulfonamides is 1. The standard InChI is InChI=1S/C15H14N2O4S/c16-22(19,20)11-7-5-10(6-8-11)15(18)17-13-9-21-14-4-2-1-3-12(13)14/h1-8,13H,9H2,(H,17,18)(H2,16,19,20). The molecule has 0 saturated heterocycles. The second-order valence-corrected chi connectivity index (χ2v) is 6.51. The zero-order valence-electron chi connectivity index (χ0n) is 11.5. The molecule has 0 saturated carbocycles. The van der Waals surface area contributed by atoms with Gasteiger partial charge in [-0.2, -0.15) is 0 Å². The molecule has 2 aromatic rings. The molecule has 3 rings (SSSR count). The van der Waals surface area contributed by atoms with E-state index in [1.54, 1.807) is 0 Å². The van der Waals surface area contributed by atoms with Crippen molar-refractivity contribution in [1.82, 2.24) is 5.32 Å². The minimum absolute atomic E-state index is 0.0291. The molecule has 3 N–H and O–H groups in total. The Kier molecular flexibility index (Phi) is 3.59. The molecule has 114 valence electrons. The molecule has 0 fully saturated rings. The first kappa shape index (κ1) is 14.6. The highest BCUT2D eigenvalue weighted by molar-refractivity contribution is 7.89. The fraction of sp³-hybridized carbons (Fsp3) is 0.133. The van der Waals surface area contributed by atoms with E-state index in [0.29, 0.717) is 12.2 Å². The summed E-state index contributed by atoms with van der Waals surface area (Å²) in [5, 5.41) is 7.89. The van der Waals surface area contributed by atoms with Crippen molar-refractivity contribution >= 4 is 15.9 Å². The molecule has 1 unspecified atom stereocenters. The molecule has 1 aliphatic rings. The van der Waals surface area contributed by atoms with Gasteiger partial charge in [0, 0.05) is 11.1 Å². The van der Waals surface area contributed by atoms with E-state index in [9.17, 15) is 13.2 Å². The summed E-state index contributed by atoms with van der Waals surface area (Å²) in [6, 6.07) is 12.8. The second-order valence-electron chi connectivity index (χ2n) is 4.94. The number of ether oxygens (including phenoxy) is 1. The van der Waals surface area contributed by atoms with Crippen molar-refractivity contribution < 1.29 is 17.9 Å². The SMILES string of the molecule is NS(=O)(=O)c1ccc(C(=O)NC2COc3ccccc32)cc1. The third-order valence-electron chi connectivity index (χ3n) is 3.45. The second kappa shape index (κ2) is 5.43. The van der Waals surface area contributed by atoms with Crippen LogP contribution in [0.5, 0.6) is 5.75 Å². The van der Waals surface area contributed by atoms with Crippen LogP contribution >= 0.6 is 0 Å². The predicted molar refractivity (Wildman–Crippen MR) is 80.0 cm³/mol. The molecule has 2 aromatic carbocycles. The molecule has 7 heteroatoms. The molecule has 0 spiro atoms. The fourth-order valence-corrected chi connectivity index (χ4v) is 2.84. The number of carbonyl (C=O) groups excluding carboxylic acids is 1. The van der Waals surface area contributed by atoms with Gasteiger partial charge in [-0.3, -0.25) is 4.79 Å². The summed E-state index contributed by atoms with van der Waals surface area (Å²) in [4.78, 5) is 12.2. The molecule has 0 aliphatic carbocycles. The highest BCUT2D eigenvalue weighted by Gasteiger charge is 2.25. The number of sulfonamides is 1. The third-order valence-corrected chi connectivity index (χ3v) is 4.38. The lowest BCUT2D eigenvalue weighted by molar-refractivity contribution is 0.0930. The van der Waals surface area contributed by atoms with Crippen molar-refractivity contribution in [2.75, 3.05) is 6.61 Å². The van der Waals surface area contributed by atoms with Crippen molar-refractivity contribution in [2.24, 2.45) is 5.14 Å². The summed E-state index contributed by atoms with van der Waals surface area (Å²) >= 11 is 0. The van der Waals surface area contributed by atoms with Crippen LogP contribution in [0.15, 0.2) is 53.4 Å². The first-order chi connectivity index (χ1) is 10.4. The summed E-state index contributed by atoms with van der Waals surface area (Å²) in [5.41, 5.74) is 1.29. The van der Waals surface area contributed by atoms with E-state index in [0.717, 1.165) is 11.3 Å². The molecular weight excluding hydrogens is 304 g/mol. The lowest BCUT2D eigenvalue weighted by atomic mass is 10.1. The summed E-state index contributed by atoms with van der Waals surface area (Å²) in [7, 11) is -3.76. The molecule has 1 heterocycles. The predicted octanol–water partition coefficient (Wildman–Crippen LogP) is 1.20. The van der Waals surface area contributed by atoms with Gasteiger partial charge in [0.2, 0.25) is 10.0 Å². The number of hydrogen-bond acceptors (Lipinski definition) is 4. The number of rotatable bonds is 3. The normalized spacial score (nSPS) is 16.7. The average Bonchev–Trinajstić information content (AvgIpc) is 2.90. The number of hydrogen-bond donors (Lipinski definition) is 2. The van der Waals surface area contributed by atoms with E-state index >= 15 is 0 Å². The Balaban J connectivity index is 1.76. The summed E-state index contributed by atoms with van der Waals surface area (Å²) < 4.78 is 27.9. The van der Waals surface area contributed by atoms with Crippen molar-refractivity contribution in [3.8, 4) is 5.75 Å². The van der Waals surface area contributed by atoms with Crippen molar-refractivity contribution in [3.05, 3.63) is 59.7 Å². The van der Waals surface area contributed by atoms with E-state index in [1.807, 2.05) is 24.3 Å². The fourth-order valence-electron chi connectivity index (χ4n) is 2.32. The molecule has 6 nitrogen and oxygen atoms in total. The molecule has 1 atom stereocenters. The van der Waals surface area contributed by atoms with Gasteiger partial charge >= 0.3 is 0 Å². The number of benzene rings is 2. The molecular formula is C15H14N2O4S. The summed E-state index contributed by atoms with van der Waals surface area (Å²) in [6.07, 6.45) is 0. The van der Waals surface area contributed by atoms with Crippen LogP contribution in [-0.2, 0) is 10.0 Å². The third kappa shape index (κ3) is 2.81. The van der Waals surface area contributed by atoms with E-state index < -0.39 is 10.0 Å². The van der Waals surface area contributed by atoms with E-state index in [1.165, 1.54) is 24.3 Å². The van der Waals surface area contributed by atoms with E-state index in [4.69, 9.17) is 9.88 Å². The molecule has 0 bridgehead atoms. The average molecular weight is 318 g/mol. The van der Waals surface area contributed by atoms with Crippen LogP contribution in [0, 0.1) is 0 Å². The van der Waals surface area contributed by atoms with Gasteiger partial charge in [-0.25, -0.2) is 13.6 Å². The van der Waals surface area contributed by atoms with Crippen LogP contribution in [0.4, 0.5) is 0 Å². The molecule has 1 aliphatic heterocycles. The van der Waals surface area contributed by atoms with Crippen LogP contribution in [0.3, 0.4) is 0 Å². The monoisotopic (exact) mass is 318 g/mol. The Morgan fingerprint density at radius 2 is 1.82 bits per heavy atom. The Bertz CT molecular complexity index is 816. The maximum atomic E-state index is 12.2. The molecule has 22 heavy (non-hydrogen) atoms. The van der Waals surface area contributed by atoms with Crippen molar-refractivity contribution in [2.45, 2.75) is 10.9 Å². The van der Waals surface area contributed by atoms with Gasteiger partial charge in [-0.15, -0.1) is 0 Å². The van der Waals surface area contributed by atoms with Crippen LogP contribution in [0.1, 0.15) is 22.0 Å². The zero-order chi connectivity index (χ0) is 15.7. The van der Waals surface area contributed by atoms with Gasteiger partial charge in [-0.05, 0) is 30.3 Å². The van der Waals surface area contributed by atoms with Gasteiger partial charge in [-0.1, -0.05) is 18.2 Å².